The second-order valence-electron chi connectivity index (χ2n) is 15.1. The van der Waals surface area contributed by atoms with Crippen LogP contribution < -0.4 is 0 Å². The van der Waals surface area contributed by atoms with Crippen LogP contribution >= 0.6 is 0 Å². The highest BCUT2D eigenvalue weighted by Crippen LogP contribution is 2.75. The van der Waals surface area contributed by atoms with Gasteiger partial charge in [-0.3, -0.25) is 9.59 Å². The molecule has 204 valence electrons. The molecule has 5 rings (SSSR count). The Hall–Kier alpha value is -1.91. The Morgan fingerprint density at radius 1 is 0.946 bits per heavy atom. The van der Waals surface area contributed by atoms with Crippen molar-refractivity contribution in [1.29, 1.82) is 0 Å². The van der Waals surface area contributed by atoms with Crippen molar-refractivity contribution in [2.24, 2.45) is 50.2 Å². The lowest BCUT2D eigenvalue weighted by molar-refractivity contribution is -0.175. The number of ketones is 1. The van der Waals surface area contributed by atoms with E-state index in [0.717, 1.165) is 51.4 Å². The lowest BCUT2D eigenvalue weighted by Crippen LogP contribution is -2.64. The van der Waals surface area contributed by atoms with E-state index in [1.54, 1.807) is 0 Å². The smallest absolute Gasteiger partial charge is 0.341 e. The molecule has 5 aliphatic rings. The van der Waals surface area contributed by atoms with Crippen molar-refractivity contribution < 1.29 is 24.2 Å². The van der Waals surface area contributed by atoms with Gasteiger partial charge < -0.3 is 9.84 Å². The molecule has 7 atom stereocenters. The van der Waals surface area contributed by atoms with E-state index in [1.807, 2.05) is 19.9 Å². The molecule has 3 saturated carbocycles. The van der Waals surface area contributed by atoms with Gasteiger partial charge in [0.2, 0.25) is 0 Å². The predicted octanol–water partition coefficient (Wildman–Crippen LogP) is 6.76. The van der Waals surface area contributed by atoms with Crippen molar-refractivity contribution in [2.45, 2.75) is 99.8 Å². The molecule has 5 nitrogen and oxygen atoms in total. The zero-order valence-electron chi connectivity index (χ0n) is 24.1. The maximum absolute atomic E-state index is 13.5. The van der Waals surface area contributed by atoms with E-state index in [9.17, 15) is 19.5 Å². The highest BCUT2D eigenvalue weighted by atomic mass is 16.5. The molecule has 0 aromatic rings. The third kappa shape index (κ3) is 3.24. The van der Waals surface area contributed by atoms with Crippen LogP contribution in [0.1, 0.15) is 99.8 Å². The molecule has 1 unspecified atom stereocenters. The highest BCUT2D eigenvalue weighted by molar-refractivity contribution is 6.20. The third-order valence-corrected chi connectivity index (χ3v) is 12.8. The first-order valence-corrected chi connectivity index (χ1v) is 14.3. The largest absolute Gasteiger partial charge is 0.481 e. The summed E-state index contributed by atoms with van der Waals surface area (Å²) in [6.07, 6.45) is 11.5. The molecule has 0 saturated heterocycles. The summed E-state index contributed by atoms with van der Waals surface area (Å²) < 4.78 is 5.06. The minimum atomic E-state index is -0.650. The van der Waals surface area contributed by atoms with Gasteiger partial charge in [0.05, 0.1) is 18.1 Å². The molecule has 0 radical (unpaired) electrons. The fourth-order valence-electron chi connectivity index (χ4n) is 10.4. The van der Waals surface area contributed by atoms with Crippen molar-refractivity contribution in [3.05, 3.63) is 23.3 Å². The Bertz CT molecular complexity index is 1130. The number of carboxylic acid groups (broad SMARTS) is 1. The summed E-state index contributed by atoms with van der Waals surface area (Å²) in [5, 5.41) is 10.5. The van der Waals surface area contributed by atoms with Crippen LogP contribution in [-0.2, 0) is 19.1 Å². The Labute approximate surface area is 222 Å². The molecule has 0 amide bonds. The van der Waals surface area contributed by atoms with Gasteiger partial charge >= 0.3 is 11.9 Å². The minimum Gasteiger partial charge on any atom is -0.481 e. The summed E-state index contributed by atoms with van der Waals surface area (Å²) in [7, 11) is 1.35. The van der Waals surface area contributed by atoms with Gasteiger partial charge in [-0.2, -0.15) is 0 Å². The number of Topliss-reactive ketones (excluding diaryl/α,β-unsaturated/α-hetero) is 1. The zero-order valence-corrected chi connectivity index (χ0v) is 24.1. The lowest BCUT2D eigenvalue weighted by atomic mass is 9.34. The van der Waals surface area contributed by atoms with E-state index < -0.39 is 22.8 Å². The Morgan fingerprint density at radius 3 is 2.22 bits per heavy atom. The van der Waals surface area contributed by atoms with Gasteiger partial charge in [0.25, 0.3) is 0 Å². The van der Waals surface area contributed by atoms with E-state index in [2.05, 4.69) is 40.7 Å². The number of fused-ring (bicyclic) bond motifs is 7. The van der Waals surface area contributed by atoms with Crippen molar-refractivity contribution in [2.75, 3.05) is 7.11 Å². The molecule has 3 fully saturated rings. The van der Waals surface area contributed by atoms with E-state index in [0.29, 0.717) is 0 Å². The normalized spacial score (nSPS) is 45.7. The topological polar surface area (TPSA) is 80.7 Å². The first-order valence-electron chi connectivity index (χ1n) is 14.3. The summed E-state index contributed by atoms with van der Waals surface area (Å²) >= 11 is 0. The molecular formula is C32H46O5. The second kappa shape index (κ2) is 7.82. The summed E-state index contributed by atoms with van der Waals surface area (Å²) in [4.78, 5) is 39.0. The van der Waals surface area contributed by atoms with Crippen molar-refractivity contribution in [3.8, 4) is 0 Å². The van der Waals surface area contributed by atoms with E-state index >= 15 is 0 Å². The molecular weight excluding hydrogens is 464 g/mol. The average molecular weight is 511 g/mol. The SMILES string of the molecule is COC(=O)C1=C[C@]2(C)[C@H]3CC=C4C5CC(C)(C)CC[C@]5(C(=O)O)CC[C@@]4(C)[C@]3(C)CC[C@H]2C(C)(C)C1=O. The standard InChI is InChI=1S/C32H46O5/c1-27(2)13-15-32(26(35)36)16-14-30(6)20(21(32)18-27)9-10-23-29(5)17-19(25(34)37-8)24(33)28(3,4)22(29)11-12-31(23,30)7/h9,17,21-23H,10-16,18H2,1-8H3,(H,35,36)/t21?,22-,23+,29-,30+,31+,32-/m0/s1. The maximum atomic E-state index is 13.5. The monoisotopic (exact) mass is 510 g/mol. The molecule has 37 heavy (non-hydrogen) atoms. The molecule has 1 N–H and O–H groups in total. The molecule has 0 heterocycles. The number of hydrogen-bond donors (Lipinski definition) is 1. The summed E-state index contributed by atoms with van der Waals surface area (Å²) in [6, 6.07) is 0. The van der Waals surface area contributed by atoms with Gasteiger partial charge in [0.1, 0.15) is 0 Å². The summed E-state index contributed by atoms with van der Waals surface area (Å²) in [5.41, 5.74) is -0.0485. The summed E-state index contributed by atoms with van der Waals surface area (Å²) in [5.74, 6) is -0.770. The summed E-state index contributed by atoms with van der Waals surface area (Å²) in [6.45, 7) is 15.7. The highest BCUT2D eigenvalue weighted by Gasteiger charge is 2.69. The molecule has 5 aliphatic carbocycles. The molecule has 0 aromatic carbocycles. The van der Waals surface area contributed by atoms with Crippen LogP contribution in [0.25, 0.3) is 0 Å². The molecule has 0 aliphatic heterocycles. The van der Waals surface area contributed by atoms with Gasteiger partial charge in [-0.15, -0.1) is 0 Å². The molecule has 0 aromatic heterocycles. The molecule has 0 bridgehead atoms. The van der Waals surface area contributed by atoms with Gasteiger partial charge in [0, 0.05) is 5.41 Å². The lowest BCUT2D eigenvalue weighted by Gasteiger charge is -2.69. The van der Waals surface area contributed by atoms with Crippen LogP contribution in [0.2, 0.25) is 0 Å². The number of carbonyl (C=O) groups is 3. The fourth-order valence-corrected chi connectivity index (χ4v) is 10.4. The van der Waals surface area contributed by atoms with Gasteiger partial charge in [-0.25, -0.2) is 4.79 Å². The van der Waals surface area contributed by atoms with E-state index in [-0.39, 0.29) is 50.8 Å². The van der Waals surface area contributed by atoms with Crippen LogP contribution in [-0.4, -0.2) is 29.9 Å². The van der Waals surface area contributed by atoms with E-state index in [1.165, 1.54) is 12.7 Å². The quantitative estimate of drug-likeness (QED) is 0.252. The van der Waals surface area contributed by atoms with Gasteiger partial charge in [-0.05, 0) is 90.8 Å². The number of rotatable bonds is 2. The van der Waals surface area contributed by atoms with Gasteiger partial charge in [-0.1, -0.05) is 66.2 Å². The fraction of sp³-hybridized carbons (Fsp3) is 0.781. The van der Waals surface area contributed by atoms with Crippen molar-refractivity contribution >= 4 is 17.7 Å². The van der Waals surface area contributed by atoms with Crippen LogP contribution in [0.5, 0.6) is 0 Å². The van der Waals surface area contributed by atoms with Crippen molar-refractivity contribution in [3.63, 3.8) is 0 Å². The molecule has 0 spiro atoms. The number of hydrogen-bond acceptors (Lipinski definition) is 4. The maximum Gasteiger partial charge on any atom is 0.341 e. The third-order valence-electron chi connectivity index (χ3n) is 12.8. The number of aliphatic carboxylic acids is 1. The average Bonchev–Trinajstić information content (AvgIpc) is 2.81. The Kier molecular flexibility index (Phi) is 5.64. The number of methoxy groups -OCH3 is 1. The Morgan fingerprint density at radius 2 is 1.59 bits per heavy atom. The number of carbonyl (C=O) groups excluding carboxylic acids is 2. The molecule has 5 heteroatoms. The number of ether oxygens (including phenoxy) is 1. The van der Waals surface area contributed by atoms with Crippen LogP contribution in [0.3, 0.4) is 0 Å². The van der Waals surface area contributed by atoms with Crippen molar-refractivity contribution in [1.82, 2.24) is 0 Å². The number of carboxylic acids is 1. The second-order valence-corrected chi connectivity index (χ2v) is 15.1. The Balaban J connectivity index is 1.66. The van der Waals surface area contributed by atoms with Crippen LogP contribution in [0.4, 0.5) is 0 Å². The first-order chi connectivity index (χ1) is 17.0. The predicted molar refractivity (Wildman–Crippen MR) is 143 cm³/mol. The van der Waals surface area contributed by atoms with E-state index in [4.69, 9.17) is 4.74 Å². The number of esters is 1. The zero-order chi connectivity index (χ0) is 27.4. The van der Waals surface area contributed by atoms with Crippen LogP contribution in [0.15, 0.2) is 23.3 Å². The van der Waals surface area contributed by atoms with Gasteiger partial charge in [0.15, 0.2) is 5.78 Å². The first kappa shape index (κ1) is 26.7. The minimum absolute atomic E-state index is 0.0528. The van der Waals surface area contributed by atoms with Crippen LogP contribution in [0, 0.1) is 50.2 Å². The number of allylic oxidation sites excluding steroid dienone is 3.